The number of carbonyl (C=O) groups excluding carboxylic acids is 1. The van der Waals surface area contributed by atoms with Crippen LogP contribution >= 0.6 is 0 Å². The van der Waals surface area contributed by atoms with Crippen LogP contribution in [0, 0.1) is 5.92 Å². The van der Waals surface area contributed by atoms with Crippen LogP contribution in [0.15, 0.2) is 75.6 Å². The number of pyridine rings is 1. The SMILES string of the molecule is C/C=C1\[C@H]2C=C(C)C[C@]1(N=CC=Cc1ccccc1C(=O)N(C)C)c1ccc(=O)[nH]c1C2. The maximum Gasteiger partial charge on any atom is 0.253 e. The van der Waals surface area contributed by atoms with Crippen LogP contribution in [0.3, 0.4) is 0 Å². The number of amides is 1. The Morgan fingerprint density at radius 1 is 1.22 bits per heavy atom. The minimum absolute atomic E-state index is 0.0296. The summed E-state index contributed by atoms with van der Waals surface area (Å²) in [5.74, 6) is 0.205. The van der Waals surface area contributed by atoms with Crippen molar-refractivity contribution in [1.29, 1.82) is 0 Å². The third-order valence-corrected chi connectivity index (χ3v) is 6.33. The molecule has 0 unspecified atom stereocenters. The maximum absolute atomic E-state index is 12.5. The Kier molecular flexibility index (Phi) is 5.83. The van der Waals surface area contributed by atoms with Crippen LogP contribution in [0.2, 0.25) is 0 Å². The summed E-state index contributed by atoms with van der Waals surface area (Å²) in [5, 5.41) is 0. The van der Waals surface area contributed by atoms with Gasteiger partial charge < -0.3 is 9.88 Å². The molecule has 0 fully saturated rings. The Labute approximate surface area is 188 Å². The van der Waals surface area contributed by atoms with Gasteiger partial charge in [0.05, 0.1) is 0 Å². The van der Waals surface area contributed by atoms with Gasteiger partial charge in [-0.1, -0.05) is 42.0 Å². The normalized spacial score (nSPS) is 23.4. The van der Waals surface area contributed by atoms with E-state index in [0.717, 1.165) is 29.7 Å². The first-order valence-corrected chi connectivity index (χ1v) is 10.9. The summed E-state index contributed by atoms with van der Waals surface area (Å²) < 4.78 is 0. The molecule has 0 radical (unpaired) electrons. The predicted octanol–water partition coefficient (Wildman–Crippen LogP) is 4.52. The zero-order valence-electron chi connectivity index (χ0n) is 19.1. The third kappa shape index (κ3) is 3.79. The van der Waals surface area contributed by atoms with Crippen LogP contribution in [0.5, 0.6) is 0 Å². The van der Waals surface area contributed by atoms with Crippen LogP contribution in [-0.2, 0) is 12.0 Å². The second kappa shape index (κ2) is 8.58. The zero-order chi connectivity index (χ0) is 22.9. The number of rotatable bonds is 4. The molecule has 0 aliphatic heterocycles. The molecule has 0 spiro atoms. The van der Waals surface area contributed by atoms with Crippen LogP contribution in [0.4, 0.5) is 0 Å². The lowest BCUT2D eigenvalue weighted by atomic mass is 9.63. The lowest BCUT2D eigenvalue weighted by Gasteiger charge is -2.45. The number of hydrogen-bond acceptors (Lipinski definition) is 3. The average Bonchev–Trinajstić information content (AvgIpc) is 2.75. The Balaban J connectivity index is 1.74. The molecule has 1 N–H and O–H groups in total. The van der Waals surface area contributed by atoms with E-state index in [4.69, 9.17) is 4.99 Å². The molecule has 0 saturated heterocycles. The van der Waals surface area contributed by atoms with Gasteiger partial charge in [-0.2, -0.15) is 0 Å². The second-order valence-corrected chi connectivity index (χ2v) is 8.74. The fourth-order valence-corrected chi connectivity index (χ4v) is 5.05. The Hall–Kier alpha value is -3.47. The Morgan fingerprint density at radius 2 is 2.00 bits per heavy atom. The zero-order valence-corrected chi connectivity index (χ0v) is 19.1. The Morgan fingerprint density at radius 3 is 2.75 bits per heavy atom. The summed E-state index contributed by atoms with van der Waals surface area (Å²) in [6, 6.07) is 11.1. The van der Waals surface area contributed by atoms with E-state index in [1.54, 1.807) is 25.1 Å². The molecule has 4 rings (SSSR count). The van der Waals surface area contributed by atoms with Gasteiger partial charge >= 0.3 is 0 Å². The number of allylic oxidation sites excluding steroid dienone is 3. The monoisotopic (exact) mass is 427 g/mol. The highest BCUT2D eigenvalue weighted by Gasteiger charge is 2.46. The minimum atomic E-state index is -0.515. The molecular formula is C27H29N3O2. The van der Waals surface area contributed by atoms with Gasteiger partial charge in [0.15, 0.2) is 0 Å². The lowest BCUT2D eigenvalue weighted by Crippen LogP contribution is -2.40. The number of aromatic nitrogens is 1. The van der Waals surface area contributed by atoms with E-state index in [0.29, 0.717) is 5.56 Å². The molecule has 2 atom stereocenters. The van der Waals surface area contributed by atoms with Gasteiger partial charge in [-0.3, -0.25) is 14.6 Å². The summed E-state index contributed by atoms with van der Waals surface area (Å²) in [4.78, 5) is 34.2. The number of fused-ring (bicyclic) bond motifs is 4. The van der Waals surface area contributed by atoms with Crippen molar-refractivity contribution in [2.75, 3.05) is 14.1 Å². The van der Waals surface area contributed by atoms with Crippen molar-refractivity contribution in [3.8, 4) is 0 Å². The second-order valence-electron chi connectivity index (χ2n) is 8.74. The number of aliphatic imine (C=N–C) groups is 1. The third-order valence-electron chi connectivity index (χ3n) is 6.33. The van der Waals surface area contributed by atoms with E-state index >= 15 is 0 Å². The van der Waals surface area contributed by atoms with Gasteiger partial charge in [0, 0.05) is 55.5 Å². The summed E-state index contributed by atoms with van der Waals surface area (Å²) in [6.07, 6.45) is 11.7. The van der Waals surface area contributed by atoms with Crippen molar-refractivity contribution in [1.82, 2.24) is 9.88 Å². The van der Waals surface area contributed by atoms with E-state index in [-0.39, 0.29) is 17.4 Å². The first-order chi connectivity index (χ1) is 15.4. The average molecular weight is 428 g/mol. The summed E-state index contributed by atoms with van der Waals surface area (Å²) in [7, 11) is 3.50. The maximum atomic E-state index is 12.5. The fraction of sp³-hybridized carbons (Fsp3) is 0.296. The molecule has 2 aliphatic carbocycles. The van der Waals surface area contributed by atoms with Crippen molar-refractivity contribution >= 4 is 18.2 Å². The lowest BCUT2D eigenvalue weighted by molar-refractivity contribution is 0.0827. The van der Waals surface area contributed by atoms with Gasteiger partial charge in [0.1, 0.15) is 5.54 Å². The number of carbonyl (C=O) groups is 1. The number of nitrogens with zero attached hydrogens (tertiary/aromatic N) is 2. The fourth-order valence-electron chi connectivity index (χ4n) is 5.05. The quantitative estimate of drug-likeness (QED) is 0.576. The van der Waals surface area contributed by atoms with Crippen LogP contribution in [0.1, 0.15) is 47.4 Å². The van der Waals surface area contributed by atoms with Crippen LogP contribution in [-0.4, -0.2) is 36.1 Å². The largest absolute Gasteiger partial charge is 0.345 e. The molecule has 2 aliphatic rings. The molecule has 1 amide bonds. The molecule has 164 valence electrons. The van der Waals surface area contributed by atoms with Gasteiger partial charge in [0.2, 0.25) is 5.56 Å². The number of aromatic amines is 1. The number of hydrogen-bond donors (Lipinski definition) is 1. The summed E-state index contributed by atoms with van der Waals surface area (Å²) in [6.45, 7) is 4.22. The van der Waals surface area contributed by atoms with Gasteiger partial charge in [-0.15, -0.1) is 0 Å². The van der Waals surface area contributed by atoms with Crippen molar-refractivity contribution in [3.63, 3.8) is 0 Å². The molecular weight excluding hydrogens is 398 g/mol. The Bertz CT molecular complexity index is 1230. The summed E-state index contributed by atoms with van der Waals surface area (Å²) in [5.41, 5.74) is 5.54. The van der Waals surface area contributed by atoms with E-state index in [1.807, 2.05) is 48.7 Å². The van der Waals surface area contributed by atoms with Crippen LogP contribution in [0.25, 0.3) is 6.08 Å². The molecule has 2 aromatic rings. The van der Waals surface area contributed by atoms with Gasteiger partial charge in [0.25, 0.3) is 5.91 Å². The molecule has 1 heterocycles. The van der Waals surface area contributed by atoms with E-state index in [2.05, 4.69) is 31.0 Å². The predicted molar refractivity (Wildman–Crippen MR) is 130 cm³/mol. The molecule has 5 heteroatoms. The van der Waals surface area contributed by atoms with E-state index < -0.39 is 5.54 Å². The number of nitrogens with one attached hydrogen (secondary N) is 1. The van der Waals surface area contributed by atoms with Crippen molar-refractivity contribution in [3.05, 3.63) is 98.5 Å². The minimum Gasteiger partial charge on any atom is -0.345 e. The molecule has 2 bridgehead atoms. The van der Waals surface area contributed by atoms with Gasteiger partial charge in [-0.25, -0.2) is 0 Å². The molecule has 0 saturated carbocycles. The van der Waals surface area contributed by atoms with Crippen molar-refractivity contribution in [2.45, 2.75) is 32.2 Å². The van der Waals surface area contributed by atoms with E-state index in [9.17, 15) is 9.59 Å². The van der Waals surface area contributed by atoms with Crippen LogP contribution < -0.4 is 5.56 Å². The van der Waals surface area contributed by atoms with Crippen molar-refractivity contribution in [2.24, 2.45) is 10.9 Å². The first kappa shape index (κ1) is 21.8. The topological polar surface area (TPSA) is 65.5 Å². The molecule has 1 aromatic carbocycles. The standard InChI is InChI=1S/C27H29N3O2/c1-5-22-20-15-18(2)17-27(22,23-12-13-25(31)29-24(23)16-20)28-14-8-10-19-9-6-7-11-21(19)26(32)30(3)4/h5-15,20H,16-17H2,1-4H3,(H,29,31)/b10-8?,22-5+,28-14?/t20-,27+/m0/s1. The van der Waals surface area contributed by atoms with E-state index in [1.165, 1.54) is 11.1 Å². The van der Waals surface area contributed by atoms with Crippen molar-refractivity contribution < 1.29 is 4.79 Å². The smallest absolute Gasteiger partial charge is 0.253 e. The first-order valence-electron chi connectivity index (χ1n) is 10.9. The highest BCUT2D eigenvalue weighted by Crippen LogP contribution is 2.51. The number of H-pyrrole nitrogens is 1. The molecule has 32 heavy (non-hydrogen) atoms. The number of benzene rings is 1. The van der Waals surface area contributed by atoms with Gasteiger partial charge in [-0.05, 0) is 49.6 Å². The molecule has 1 aromatic heterocycles. The highest BCUT2D eigenvalue weighted by molar-refractivity contribution is 5.98. The summed E-state index contributed by atoms with van der Waals surface area (Å²) >= 11 is 0. The molecule has 5 nitrogen and oxygen atoms in total. The highest BCUT2D eigenvalue weighted by atomic mass is 16.2.